The third kappa shape index (κ3) is 4.73. The topological polar surface area (TPSA) is 36.4 Å². The van der Waals surface area contributed by atoms with Crippen molar-refractivity contribution in [1.82, 2.24) is 14.8 Å². The van der Waals surface area contributed by atoms with Gasteiger partial charge in [-0.3, -0.25) is 9.69 Å². The number of amides is 1. The van der Waals surface area contributed by atoms with Crippen LogP contribution >= 0.6 is 23.5 Å². The number of aromatic nitrogens is 1. The monoisotopic (exact) mass is 413 g/mol. The molecule has 4 nitrogen and oxygen atoms in total. The molecular formula is C22H27N3OS2. The van der Waals surface area contributed by atoms with Crippen LogP contribution in [0.1, 0.15) is 36.0 Å². The second kappa shape index (κ2) is 9.33. The number of carbonyl (C=O) groups excluding carboxylic acids is 1. The van der Waals surface area contributed by atoms with Crippen LogP contribution in [-0.4, -0.2) is 59.2 Å². The van der Waals surface area contributed by atoms with Gasteiger partial charge in [-0.05, 0) is 61.9 Å². The van der Waals surface area contributed by atoms with Crippen molar-refractivity contribution in [3.05, 3.63) is 48.2 Å². The Morgan fingerprint density at radius 1 is 0.964 bits per heavy atom. The first kappa shape index (κ1) is 19.8. The number of nitrogens with zero attached hydrogens (tertiary/aromatic N) is 3. The normalized spacial score (nSPS) is 18.5. The van der Waals surface area contributed by atoms with Crippen LogP contribution in [0.15, 0.2) is 57.4 Å². The highest BCUT2D eigenvalue weighted by Gasteiger charge is 2.28. The molecule has 0 unspecified atom stereocenters. The molecule has 1 saturated heterocycles. The number of pyridine rings is 1. The molecule has 1 aliphatic carbocycles. The van der Waals surface area contributed by atoms with Gasteiger partial charge in [0.25, 0.3) is 5.91 Å². The fourth-order valence-corrected chi connectivity index (χ4v) is 4.94. The van der Waals surface area contributed by atoms with Gasteiger partial charge in [-0.15, -0.1) is 11.8 Å². The fourth-order valence-electron chi connectivity index (χ4n) is 3.77. The van der Waals surface area contributed by atoms with E-state index >= 15 is 0 Å². The number of rotatable bonds is 5. The van der Waals surface area contributed by atoms with Gasteiger partial charge in [-0.1, -0.05) is 18.2 Å². The summed E-state index contributed by atoms with van der Waals surface area (Å²) >= 11 is 3.37. The molecule has 6 heteroatoms. The Morgan fingerprint density at radius 3 is 2.39 bits per heavy atom. The molecule has 0 bridgehead atoms. The first-order chi connectivity index (χ1) is 13.7. The van der Waals surface area contributed by atoms with Crippen LogP contribution in [0.3, 0.4) is 0 Å². The van der Waals surface area contributed by atoms with Crippen molar-refractivity contribution in [3.63, 3.8) is 0 Å². The van der Waals surface area contributed by atoms with Crippen LogP contribution < -0.4 is 0 Å². The highest BCUT2D eigenvalue weighted by atomic mass is 32.2. The summed E-state index contributed by atoms with van der Waals surface area (Å²) in [5, 5.41) is 0.917. The van der Waals surface area contributed by atoms with E-state index in [1.165, 1.54) is 24.2 Å². The SMILES string of the molecule is CSc1ccc(Sc2ccc(C(=O)N3CCCN(C4CCC4)CC3)cn2)cc1. The summed E-state index contributed by atoms with van der Waals surface area (Å²) in [5.74, 6) is 0.115. The summed E-state index contributed by atoms with van der Waals surface area (Å²) in [5.41, 5.74) is 0.694. The maximum atomic E-state index is 12.9. The van der Waals surface area contributed by atoms with Gasteiger partial charge in [0.05, 0.1) is 5.56 Å². The first-order valence-electron chi connectivity index (χ1n) is 10.0. The molecule has 0 radical (unpaired) electrons. The average Bonchev–Trinajstić information content (AvgIpc) is 2.93. The van der Waals surface area contributed by atoms with E-state index < -0.39 is 0 Å². The smallest absolute Gasteiger partial charge is 0.255 e. The minimum Gasteiger partial charge on any atom is -0.337 e. The average molecular weight is 414 g/mol. The van der Waals surface area contributed by atoms with Crippen LogP contribution in [0, 0.1) is 0 Å². The Labute approximate surface area is 176 Å². The van der Waals surface area contributed by atoms with Crippen molar-refractivity contribution in [2.45, 2.75) is 46.5 Å². The van der Waals surface area contributed by atoms with Gasteiger partial charge in [0, 0.05) is 48.2 Å². The zero-order valence-corrected chi connectivity index (χ0v) is 18.0. The highest BCUT2D eigenvalue weighted by molar-refractivity contribution is 7.99. The molecule has 0 spiro atoms. The fraction of sp³-hybridized carbons (Fsp3) is 0.455. The van der Waals surface area contributed by atoms with Gasteiger partial charge in [-0.2, -0.15) is 0 Å². The van der Waals surface area contributed by atoms with Gasteiger partial charge in [0.2, 0.25) is 0 Å². The van der Waals surface area contributed by atoms with Crippen molar-refractivity contribution in [3.8, 4) is 0 Å². The Kier molecular flexibility index (Phi) is 6.60. The molecule has 1 aliphatic heterocycles. The standard InChI is InChI=1S/C22H27N3OS2/c1-27-19-7-9-20(10-8-19)28-21-11-6-17(16-23-21)22(26)25-13-3-12-24(14-15-25)18-4-2-5-18/h6-11,16,18H,2-5,12-15H2,1H3. The molecule has 28 heavy (non-hydrogen) atoms. The molecular weight excluding hydrogens is 386 g/mol. The second-order valence-corrected chi connectivity index (χ2v) is 9.40. The van der Waals surface area contributed by atoms with Crippen LogP contribution in [0.2, 0.25) is 0 Å². The van der Waals surface area contributed by atoms with E-state index in [0.29, 0.717) is 5.56 Å². The lowest BCUT2D eigenvalue weighted by molar-refractivity contribution is 0.0749. The number of benzene rings is 1. The third-order valence-corrected chi connectivity index (χ3v) is 7.38. The first-order valence-corrected chi connectivity index (χ1v) is 12.1. The van der Waals surface area contributed by atoms with Crippen molar-refractivity contribution in [2.24, 2.45) is 0 Å². The molecule has 1 aromatic carbocycles. The van der Waals surface area contributed by atoms with E-state index in [9.17, 15) is 4.79 Å². The molecule has 2 fully saturated rings. The summed E-state index contributed by atoms with van der Waals surface area (Å²) in [6.07, 6.45) is 8.90. The number of hydrogen-bond donors (Lipinski definition) is 0. The maximum absolute atomic E-state index is 12.9. The lowest BCUT2D eigenvalue weighted by atomic mass is 9.91. The van der Waals surface area contributed by atoms with E-state index in [0.717, 1.165) is 48.6 Å². The molecule has 1 saturated carbocycles. The molecule has 2 aromatic rings. The molecule has 4 rings (SSSR count). The predicted molar refractivity (Wildman–Crippen MR) is 116 cm³/mol. The van der Waals surface area contributed by atoms with Crippen molar-refractivity contribution < 1.29 is 4.79 Å². The summed E-state index contributed by atoms with van der Waals surface area (Å²) < 4.78 is 0. The molecule has 1 amide bonds. The predicted octanol–water partition coefficient (Wildman–Crippen LogP) is 4.66. The number of hydrogen-bond acceptors (Lipinski definition) is 5. The zero-order valence-electron chi connectivity index (χ0n) is 16.3. The molecule has 2 heterocycles. The van der Waals surface area contributed by atoms with Gasteiger partial charge in [0.1, 0.15) is 5.03 Å². The minimum atomic E-state index is 0.115. The van der Waals surface area contributed by atoms with Crippen LogP contribution in [-0.2, 0) is 0 Å². The number of thioether (sulfide) groups is 1. The number of carbonyl (C=O) groups is 1. The van der Waals surface area contributed by atoms with Crippen LogP contribution in [0.25, 0.3) is 0 Å². The van der Waals surface area contributed by atoms with E-state index in [1.807, 2.05) is 17.0 Å². The molecule has 0 N–H and O–H groups in total. The largest absolute Gasteiger partial charge is 0.337 e. The highest BCUT2D eigenvalue weighted by Crippen LogP contribution is 2.28. The van der Waals surface area contributed by atoms with Crippen molar-refractivity contribution >= 4 is 29.4 Å². The van der Waals surface area contributed by atoms with Crippen molar-refractivity contribution in [1.29, 1.82) is 0 Å². The van der Waals surface area contributed by atoms with E-state index in [1.54, 1.807) is 29.7 Å². The maximum Gasteiger partial charge on any atom is 0.255 e. The van der Waals surface area contributed by atoms with Gasteiger partial charge < -0.3 is 4.90 Å². The van der Waals surface area contributed by atoms with E-state index in [-0.39, 0.29) is 5.91 Å². The molecule has 1 aromatic heterocycles. The van der Waals surface area contributed by atoms with Crippen molar-refractivity contribution in [2.75, 3.05) is 32.4 Å². The Bertz CT molecular complexity index is 790. The lowest BCUT2D eigenvalue weighted by Gasteiger charge is -2.36. The van der Waals surface area contributed by atoms with Crippen LogP contribution in [0.4, 0.5) is 0 Å². The zero-order chi connectivity index (χ0) is 19.3. The third-order valence-electron chi connectivity index (χ3n) is 5.67. The summed E-state index contributed by atoms with van der Waals surface area (Å²) in [6, 6.07) is 13.1. The summed E-state index contributed by atoms with van der Waals surface area (Å²) in [7, 11) is 0. The lowest BCUT2D eigenvalue weighted by Crippen LogP contribution is -2.42. The summed E-state index contributed by atoms with van der Waals surface area (Å²) in [6.45, 7) is 3.80. The van der Waals surface area contributed by atoms with Gasteiger partial charge in [-0.25, -0.2) is 4.98 Å². The Balaban J connectivity index is 1.35. The Hall–Kier alpha value is -1.50. The van der Waals surface area contributed by atoms with Gasteiger partial charge in [0.15, 0.2) is 0 Å². The quantitative estimate of drug-likeness (QED) is 0.667. The second-order valence-electron chi connectivity index (χ2n) is 7.43. The van der Waals surface area contributed by atoms with Crippen LogP contribution in [0.5, 0.6) is 0 Å². The molecule has 148 valence electrons. The van der Waals surface area contributed by atoms with Gasteiger partial charge >= 0.3 is 0 Å². The van der Waals surface area contributed by atoms with E-state index in [2.05, 4.69) is 40.4 Å². The van der Waals surface area contributed by atoms with E-state index in [4.69, 9.17) is 0 Å². The molecule has 2 aliphatic rings. The molecule has 0 atom stereocenters. The summed E-state index contributed by atoms with van der Waals surface area (Å²) in [4.78, 5) is 24.4. The minimum absolute atomic E-state index is 0.115. The Morgan fingerprint density at radius 2 is 1.75 bits per heavy atom.